The van der Waals surface area contributed by atoms with E-state index in [2.05, 4.69) is 60.5 Å². The summed E-state index contributed by atoms with van der Waals surface area (Å²) in [5.41, 5.74) is 5.68. The molecule has 1 aliphatic heterocycles. The molecule has 0 amide bonds. The van der Waals surface area contributed by atoms with E-state index in [9.17, 15) is 9.90 Å². The maximum atomic E-state index is 11.2. The number of thiophene rings is 1. The summed E-state index contributed by atoms with van der Waals surface area (Å²) in [6, 6.07) is 10.7. The maximum absolute atomic E-state index is 11.2. The van der Waals surface area contributed by atoms with Gasteiger partial charge in [0, 0.05) is 30.1 Å². The predicted octanol–water partition coefficient (Wildman–Crippen LogP) is 4.90. The zero-order chi connectivity index (χ0) is 18.5. The molecule has 136 valence electrons. The van der Waals surface area contributed by atoms with Gasteiger partial charge in [-0.15, -0.1) is 11.3 Å². The molecule has 0 unspecified atom stereocenters. The van der Waals surface area contributed by atoms with Crippen LogP contribution < -0.4 is 0 Å². The van der Waals surface area contributed by atoms with Gasteiger partial charge < -0.3 is 5.11 Å². The Morgan fingerprint density at radius 3 is 2.73 bits per heavy atom. The molecule has 0 radical (unpaired) electrons. The molecule has 2 heterocycles. The van der Waals surface area contributed by atoms with Crippen LogP contribution in [-0.4, -0.2) is 35.6 Å². The van der Waals surface area contributed by atoms with Crippen molar-refractivity contribution < 1.29 is 9.90 Å². The van der Waals surface area contributed by atoms with Crippen LogP contribution in [-0.2, 0) is 4.79 Å². The number of nitrogens with zero attached hydrogens (tertiary/aromatic N) is 1. The average molecular weight is 368 g/mol. The minimum atomic E-state index is -0.792. The third kappa shape index (κ3) is 4.32. The third-order valence-electron chi connectivity index (χ3n) is 4.84. The lowest BCUT2D eigenvalue weighted by Crippen LogP contribution is -2.32. The van der Waals surface area contributed by atoms with Crippen LogP contribution in [0.1, 0.15) is 34.4 Å². The molecule has 1 aromatic heterocycles. The second kappa shape index (κ2) is 8.47. The summed E-state index contributed by atoms with van der Waals surface area (Å²) in [5, 5.41) is 11.3. The number of hydrogen-bond acceptors (Lipinski definition) is 3. The van der Waals surface area contributed by atoms with E-state index in [-0.39, 0.29) is 0 Å². The zero-order valence-corrected chi connectivity index (χ0v) is 16.2. The number of carboxylic acid groups (broad SMARTS) is 1. The number of hydrogen-bond donors (Lipinski definition) is 1. The van der Waals surface area contributed by atoms with Crippen molar-refractivity contribution in [1.29, 1.82) is 0 Å². The highest BCUT2D eigenvalue weighted by Crippen LogP contribution is 2.32. The smallest absolute Gasteiger partial charge is 0.332 e. The van der Waals surface area contributed by atoms with Gasteiger partial charge in [0.2, 0.25) is 0 Å². The SMILES string of the molecule is Cc1ccccc1C(=CCCN1CCC=C(C(=O)O)C1)c1sccc1C. The summed E-state index contributed by atoms with van der Waals surface area (Å²) in [5.74, 6) is -0.792. The molecule has 0 saturated carbocycles. The van der Waals surface area contributed by atoms with Gasteiger partial charge in [-0.25, -0.2) is 4.79 Å². The van der Waals surface area contributed by atoms with Crippen LogP contribution >= 0.6 is 11.3 Å². The second-order valence-corrected chi connectivity index (χ2v) is 7.67. The van der Waals surface area contributed by atoms with Crippen molar-refractivity contribution in [2.45, 2.75) is 26.7 Å². The van der Waals surface area contributed by atoms with Crippen LogP contribution in [0, 0.1) is 13.8 Å². The minimum Gasteiger partial charge on any atom is -0.478 e. The Labute approximate surface area is 159 Å². The molecule has 3 nitrogen and oxygen atoms in total. The number of carbonyl (C=O) groups is 1. The van der Waals surface area contributed by atoms with Crippen molar-refractivity contribution in [3.63, 3.8) is 0 Å². The van der Waals surface area contributed by atoms with Crippen LogP contribution in [0.3, 0.4) is 0 Å². The predicted molar refractivity (Wildman–Crippen MR) is 109 cm³/mol. The number of benzene rings is 1. The van der Waals surface area contributed by atoms with Crippen LogP contribution in [0.5, 0.6) is 0 Å². The van der Waals surface area contributed by atoms with Crippen molar-refractivity contribution in [1.82, 2.24) is 4.90 Å². The number of rotatable bonds is 6. The van der Waals surface area contributed by atoms with E-state index in [1.165, 1.54) is 27.1 Å². The molecule has 26 heavy (non-hydrogen) atoms. The van der Waals surface area contributed by atoms with Crippen molar-refractivity contribution in [2.75, 3.05) is 19.6 Å². The molecule has 0 fully saturated rings. The van der Waals surface area contributed by atoms with Crippen LogP contribution in [0.15, 0.2) is 53.4 Å². The number of aryl methyl sites for hydroxylation is 2. The van der Waals surface area contributed by atoms with E-state index in [0.717, 1.165) is 25.9 Å². The molecule has 1 aliphatic rings. The van der Waals surface area contributed by atoms with Gasteiger partial charge in [0.05, 0.1) is 0 Å². The summed E-state index contributed by atoms with van der Waals surface area (Å²) in [6.07, 6.45) is 5.90. The standard InChI is InChI=1S/C22H25NO2S/c1-16-7-3-4-9-19(16)20(21-17(2)11-14-26-21)10-6-13-23-12-5-8-18(15-23)22(24)25/h3-4,7-11,14H,5-6,12-13,15H2,1-2H3,(H,24,25). The van der Waals surface area contributed by atoms with Gasteiger partial charge in [-0.1, -0.05) is 36.4 Å². The lowest BCUT2D eigenvalue weighted by atomic mass is 9.96. The normalized spacial score (nSPS) is 15.8. The summed E-state index contributed by atoms with van der Waals surface area (Å²) < 4.78 is 0. The van der Waals surface area contributed by atoms with E-state index in [1.807, 2.05) is 6.08 Å². The molecule has 2 aromatic rings. The minimum absolute atomic E-state index is 0.522. The molecule has 0 aliphatic carbocycles. The van der Waals surface area contributed by atoms with E-state index >= 15 is 0 Å². The Balaban J connectivity index is 1.78. The monoisotopic (exact) mass is 367 g/mol. The van der Waals surface area contributed by atoms with Crippen LogP contribution in [0.2, 0.25) is 0 Å². The Hall–Kier alpha value is -2.17. The Kier molecular flexibility index (Phi) is 6.07. The van der Waals surface area contributed by atoms with Crippen molar-refractivity contribution in [2.24, 2.45) is 0 Å². The molecular weight excluding hydrogens is 342 g/mol. The van der Waals surface area contributed by atoms with E-state index in [4.69, 9.17) is 0 Å². The Morgan fingerprint density at radius 1 is 1.23 bits per heavy atom. The fraction of sp³-hybridized carbons (Fsp3) is 0.318. The first-order chi connectivity index (χ1) is 12.6. The quantitative estimate of drug-likeness (QED) is 0.789. The van der Waals surface area contributed by atoms with E-state index in [0.29, 0.717) is 12.1 Å². The van der Waals surface area contributed by atoms with E-state index < -0.39 is 5.97 Å². The molecule has 4 heteroatoms. The molecular formula is C22H25NO2S. The highest BCUT2D eigenvalue weighted by atomic mass is 32.1. The third-order valence-corrected chi connectivity index (χ3v) is 5.89. The van der Waals surface area contributed by atoms with Gasteiger partial charge in [0.15, 0.2) is 0 Å². The lowest BCUT2D eigenvalue weighted by Gasteiger charge is -2.25. The first-order valence-electron chi connectivity index (χ1n) is 9.01. The van der Waals surface area contributed by atoms with Crippen LogP contribution in [0.4, 0.5) is 0 Å². The highest BCUT2D eigenvalue weighted by molar-refractivity contribution is 7.11. The van der Waals surface area contributed by atoms with E-state index in [1.54, 1.807) is 11.3 Å². The summed E-state index contributed by atoms with van der Waals surface area (Å²) in [7, 11) is 0. The largest absolute Gasteiger partial charge is 0.478 e. The molecule has 0 atom stereocenters. The fourth-order valence-electron chi connectivity index (χ4n) is 3.39. The number of carboxylic acids is 1. The lowest BCUT2D eigenvalue weighted by molar-refractivity contribution is -0.133. The summed E-state index contributed by atoms with van der Waals surface area (Å²) in [6.45, 7) is 6.67. The van der Waals surface area contributed by atoms with Gasteiger partial charge in [-0.3, -0.25) is 4.90 Å². The molecule has 0 bridgehead atoms. The fourth-order valence-corrected chi connectivity index (χ4v) is 4.37. The summed E-state index contributed by atoms with van der Waals surface area (Å²) in [4.78, 5) is 14.7. The summed E-state index contributed by atoms with van der Waals surface area (Å²) >= 11 is 1.78. The Morgan fingerprint density at radius 2 is 2.04 bits per heavy atom. The molecule has 1 aromatic carbocycles. The van der Waals surface area contributed by atoms with Gasteiger partial charge in [0.25, 0.3) is 0 Å². The van der Waals surface area contributed by atoms with Crippen molar-refractivity contribution >= 4 is 22.9 Å². The van der Waals surface area contributed by atoms with Gasteiger partial charge in [0.1, 0.15) is 0 Å². The average Bonchev–Trinajstić information content (AvgIpc) is 3.06. The Bertz CT molecular complexity index is 847. The molecule has 3 rings (SSSR count). The number of aliphatic carboxylic acids is 1. The van der Waals surface area contributed by atoms with Gasteiger partial charge in [-0.2, -0.15) is 0 Å². The van der Waals surface area contributed by atoms with Crippen LogP contribution in [0.25, 0.3) is 5.57 Å². The van der Waals surface area contributed by atoms with Gasteiger partial charge in [-0.05, 0) is 60.4 Å². The van der Waals surface area contributed by atoms with Gasteiger partial charge >= 0.3 is 5.97 Å². The molecule has 1 N–H and O–H groups in total. The second-order valence-electron chi connectivity index (χ2n) is 6.75. The first kappa shape index (κ1) is 18.6. The van der Waals surface area contributed by atoms with Crippen molar-refractivity contribution in [3.8, 4) is 0 Å². The topological polar surface area (TPSA) is 40.5 Å². The first-order valence-corrected chi connectivity index (χ1v) is 9.89. The maximum Gasteiger partial charge on any atom is 0.332 e. The van der Waals surface area contributed by atoms with Crippen molar-refractivity contribution in [3.05, 3.63) is 75.0 Å². The highest BCUT2D eigenvalue weighted by Gasteiger charge is 2.17. The zero-order valence-electron chi connectivity index (χ0n) is 15.4. The molecule has 0 spiro atoms. The molecule has 0 saturated heterocycles.